The zero-order valence-corrected chi connectivity index (χ0v) is 27.3. The van der Waals surface area contributed by atoms with Gasteiger partial charge >= 0.3 is 0 Å². The highest BCUT2D eigenvalue weighted by atomic mass is 79.9. The number of nitrogens with zero attached hydrogens (tertiary/aromatic N) is 6. The number of amides is 2. The number of aryl methyl sites for hydroxylation is 2. The molecule has 2 amide bonds. The molecule has 1 saturated heterocycles. The van der Waals surface area contributed by atoms with E-state index in [1.165, 1.54) is 6.42 Å². The molecular formula is C34H36BrN7O3. The van der Waals surface area contributed by atoms with Gasteiger partial charge in [-0.15, -0.1) is 0 Å². The predicted molar refractivity (Wildman–Crippen MR) is 172 cm³/mol. The summed E-state index contributed by atoms with van der Waals surface area (Å²) >= 11 is 3.41. The number of halogens is 1. The number of pyridine rings is 1. The van der Waals surface area contributed by atoms with Crippen LogP contribution in [0, 0.1) is 25.2 Å². The Kier molecular flexibility index (Phi) is 7.54. The monoisotopic (exact) mass is 669 g/mol. The summed E-state index contributed by atoms with van der Waals surface area (Å²) in [6.45, 7) is 6.47. The van der Waals surface area contributed by atoms with Crippen LogP contribution in [0.1, 0.15) is 66.6 Å². The lowest BCUT2D eigenvalue weighted by Gasteiger charge is -2.27. The van der Waals surface area contributed by atoms with E-state index in [9.17, 15) is 14.4 Å². The van der Waals surface area contributed by atoms with E-state index in [0.29, 0.717) is 40.2 Å². The molecule has 11 heteroatoms. The number of nitrogens with one attached hydrogen (secondary N) is 1. The Hall–Kier alpha value is -3.99. The van der Waals surface area contributed by atoms with E-state index in [1.54, 1.807) is 22.0 Å². The van der Waals surface area contributed by atoms with Crippen molar-refractivity contribution in [1.82, 2.24) is 34.9 Å². The molecule has 1 aliphatic heterocycles. The van der Waals surface area contributed by atoms with Crippen molar-refractivity contribution in [2.24, 2.45) is 11.3 Å². The number of Topliss-reactive ketones (excluding diaryl/α,β-unsaturated/α-hetero) is 1. The first-order valence-electron chi connectivity index (χ1n) is 15.6. The fraction of sp³-hybridized carbons (Fsp3) is 0.441. The first kappa shape index (κ1) is 29.7. The van der Waals surface area contributed by atoms with E-state index in [2.05, 4.69) is 43.1 Å². The van der Waals surface area contributed by atoms with Crippen molar-refractivity contribution in [3.63, 3.8) is 0 Å². The molecule has 0 unspecified atom stereocenters. The van der Waals surface area contributed by atoms with E-state index < -0.39 is 6.04 Å². The van der Waals surface area contributed by atoms with E-state index >= 15 is 0 Å². The van der Waals surface area contributed by atoms with Crippen molar-refractivity contribution in [2.75, 3.05) is 6.54 Å². The van der Waals surface area contributed by atoms with Crippen molar-refractivity contribution in [1.29, 1.82) is 0 Å². The largest absolute Gasteiger partial charge is 0.350 e. The molecule has 0 bridgehead atoms. The molecule has 2 aliphatic carbocycles. The highest BCUT2D eigenvalue weighted by molar-refractivity contribution is 9.10. The van der Waals surface area contributed by atoms with Gasteiger partial charge in [0.1, 0.15) is 17.0 Å². The number of ketones is 1. The minimum atomic E-state index is -0.512. The normalized spacial score (nSPS) is 22.3. The van der Waals surface area contributed by atoms with Gasteiger partial charge in [-0.2, -0.15) is 5.10 Å². The summed E-state index contributed by atoms with van der Waals surface area (Å²) in [6.07, 6.45) is 8.65. The summed E-state index contributed by atoms with van der Waals surface area (Å²) < 4.78 is 2.30. The summed E-state index contributed by atoms with van der Waals surface area (Å²) in [4.78, 5) is 56.2. The van der Waals surface area contributed by atoms with Crippen LogP contribution in [0.25, 0.3) is 22.0 Å². The molecule has 10 nitrogen and oxygen atoms in total. The van der Waals surface area contributed by atoms with Gasteiger partial charge in [0.2, 0.25) is 5.91 Å². The zero-order chi connectivity index (χ0) is 31.5. The SMILES string of the molecule is Cc1ncc(-c2ccc3c(c2)c(C(=O)NCC2CCC2)nn3CC(=O)N2[C@H](C(=O)Cc3nc(Br)ccc3C)C[C@@]3(C)C[C@@H]23)cn1. The third-order valence-electron chi connectivity index (χ3n) is 9.95. The summed E-state index contributed by atoms with van der Waals surface area (Å²) in [7, 11) is 0. The highest BCUT2D eigenvalue weighted by Crippen LogP contribution is 2.59. The molecule has 232 valence electrons. The second-order valence-corrected chi connectivity index (χ2v) is 14.0. The van der Waals surface area contributed by atoms with Crippen LogP contribution in [0.5, 0.6) is 0 Å². The van der Waals surface area contributed by atoms with Gasteiger partial charge in [-0.25, -0.2) is 15.0 Å². The number of hydrogen-bond acceptors (Lipinski definition) is 7. The maximum absolute atomic E-state index is 14.1. The number of benzene rings is 1. The third-order valence-corrected chi connectivity index (χ3v) is 10.4. The number of piperidine rings is 1. The third kappa shape index (κ3) is 5.67. The number of carbonyl (C=O) groups excluding carboxylic acids is 3. The van der Waals surface area contributed by atoms with Crippen molar-refractivity contribution >= 4 is 44.4 Å². The van der Waals surface area contributed by atoms with Crippen LogP contribution in [0.4, 0.5) is 0 Å². The smallest absolute Gasteiger partial charge is 0.272 e. The van der Waals surface area contributed by atoms with Crippen LogP contribution in [0.3, 0.4) is 0 Å². The average Bonchev–Trinajstić information content (AvgIpc) is 3.36. The maximum Gasteiger partial charge on any atom is 0.272 e. The molecular weight excluding hydrogens is 634 g/mol. The van der Waals surface area contributed by atoms with Gasteiger partial charge in [-0.1, -0.05) is 25.5 Å². The molecule has 4 heterocycles. The Labute approximate surface area is 270 Å². The van der Waals surface area contributed by atoms with Gasteiger partial charge in [0.05, 0.1) is 23.7 Å². The Balaban J connectivity index is 1.18. The van der Waals surface area contributed by atoms with Crippen LogP contribution in [0.2, 0.25) is 0 Å². The highest BCUT2D eigenvalue weighted by Gasteiger charge is 2.64. The van der Waals surface area contributed by atoms with Crippen LogP contribution in [-0.2, 0) is 22.6 Å². The molecule has 1 aromatic carbocycles. The molecule has 3 atom stereocenters. The minimum absolute atomic E-state index is 0.00295. The summed E-state index contributed by atoms with van der Waals surface area (Å²) in [5.74, 6) is 0.752. The predicted octanol–water partition coefficient (Wildman–Crippen LogP) is 4.99. The second kappa shape index (κ2) is 11.4. The number of likely N-dealkylation sites (tertiary alicyclic amines) is 1. The van der Waals surface area contributed by atoms with Crippen LogP contribution in [-0.4, -0.2) is 65.9 Å². The number of carbonyl (C=O) groups is 3. The first-order valence-corrected chi connectivity index (χ1v) is 16.4. The minimum Gasteiger partial charge on any atom is -0.350 e. The number of rotatable bonds is 9. The maximum atomic E-state index is 14.1. The molecule has 45 heavy (non-hydrogen) atoms. The molecule has 2 saturated carbocycles. The standard InChI is InChI=1S/C34H36BrN7O3/c1-19-7-10-30(35)39-25(19)12-28(43)27-13-34(3)14-29(34)42(27)31(44)18-41-26-9-8-22(23-16-36-20(2)37-17-23)11-24(26)32(40-41)33(45)38-15-21-5-4-6-21/h7-11,16-17,21,27,29H,4-6,12-15,18H2,1-3H3,(H,38,45)/t27-,29+,34-/m0/s1. The topological polar surface area (TPSA) is 123 Å². The van der Waals surface area contributed by atoms with E-state index in [4.69, 9.17) is 5.10 Å². The van der Waals surface area contributed by atoms with Crippen molar-refractivity contribution in [3.8, 4) is 11.1 Å². The summed E-state index contributed by atoms with van der Waals surface area (Å²) in [5.41, 5.74) is 4.27. The average molecular weight is 671 g/mol. The quantitative estimate of drug-likeness (QED) is 0.249. The lowest BCUT2D eigenvalue weighted by molar-refractivity contribution is -0.139. The Morgan fingerprint density at radius 3 is 2.56 bits per heavy atom. The van der Waals surface area contributed by atoms with Gasteiger partial charge in [0.25, 0.3) is 5.91 Å². The van der Waals surface area contributed by atoms with Gasteiger partial charge < -0.3 is 10.2 Å². The number of fused-ring (bicyclic) bond motifs is 2. The van der Waals surface area contributed by atoms with E-state index in [0.717, 1.165) is 41.6 Å². The summed E-state index contributed by atoms with van der Waals surface area (Å²) in [6, 6.07) is 9.06. The zero-order valence-electron chi connectivity index (χ0n) is 25.7. The molecule has 3 aromatic heterocycles. The molecule has 7 rings (SSSR count). The Morgan fingerprint density at radius 2 is 1.82 bits per heavy atom. The van der Waals surface area contributed by atoms with Gasteiger partial charge in [0.15, 0.2) is 11.5 Å². The van der Waals surface area contributed by atoms with E-state index in [1.807, 2.05) is 44.2 Å². The molecule has 3 fully saturated rings. The van der Waals surface area contributed by atoms with Gasteiger partial charge in [-0.3, -0.25) is 19.1 Å². The van der Waals surface area contributed by atoms with Crippen molar-refractivity contribution in [3.05, 3.63) is 70.1 Å². The van der Waals surface area contributed by atoms with Gasteiger partial charge in [-0.05, 0) is 96.1 Å². The van der Waals surface area contributed by atoms with Crippen molar-refractivity contribution in [2.45, 2.75) is 77.9 Å². The Morgan fingerprint density at radius 1 is 1.04 bits per heavy atom. The molecule has 3 aliphatic rings. The lowest BCUT2D eigenvalue weighted by Crippen LogP contribution is -2.45. The first-order chi connectivity index (χ1) is 21.6. The van der Waals surface area contributed by atoms with Crippen LogP contribution < -0.4 is 5.32 Å². The van der Waals surface area contributed by atoms with E-state index in [-0.39, 0.29) is 47.7 Å². The number of hydrogen-bond donors (Lipinski definition) is 1. The fourth-order valence-corrected chi connectivity index (χ4v) is 7.18. The molecule has 0 radical (unpaired) electrons. The Bertz CT molecular complexity index is 1830. The molecule has 4 aromatic rings. The molecule has 0 spiro atoms. The fourth-order valence-electron chi connectivity index (χ4n) is 6.83. The van der Waals surface area contributed by atoms with Gasteiger partial charge in [0, 0.05) is 35.9 Å². The number of aromatic nitrogens is 5. The van der Waals surface area contributed by atoms with Crippen molar-refractivity contribution < 1.29 is 14.4 Å². The molecule has 1 N–H and O–H groups in total. The lowest BCUT2D eigenvalue weighted by atomic mass is 9.85. The van der Waals surface area contributed by atoms with Crippen LogP contribution in [0.15, 0.2) is 47.3 Å². The second-order valence-electron chi connectivity index (χ2n) is 13.2. The van der Waals surface area contributed by atoms with Crippen LogP contribution >= 0.6 is 15.9 Å². The summed E-state index contributed by atoms with van der Waals surface area (Å²) in [5, 5.41) is 8.44.